The highest BCUT2D eigenvalue weighted by Crippen LogP contribution is 2.28. The smallest absolute Gasteiger partial charge is 0.243 e. The summed E-state index contributed by atoms with van der Waals surface area (Å²) in [4.78, 5) is 30.1. The summed E-state index contributed by atoms with van der Waals surface area (Å²) in [6.45, 7) is 1.95. The number of nitrogens with zero attached hydrogens (tertiary/aromatic N) is 2. The van der Waals surface area contributed by atoms with Crippen molar-refractivity contribution in [3.63, 3.8) is 0 Å². The zero-order valence-electron chi connectivity index (χ0n) is 16.3. The molecule has 2 aromatic carbocycles. The Morgan fingerprint density at radius 3 is 2.59 bits per heavy atom. The minimum Gasteiger partial charge on any atom is -0.441 e. The van der Waals surface area contributed by atoms with Gasteiger partial charge in [-0.15, -0.1) is 0 Å². The summed E-state index contributed by atoms with van der Waals surface area (Å²) < 4.78 is 5.70. The largest absolute Gasteiger partial charge is 0.441 e. The van der Waals surface area contributed by atoms with Crippen molar-refractivity contribution in [2.75, 3.05) is 18.9 Å². The molecule has 0 fully saturated rings. The molecule has 3 aromatic rings. The molecule has 0 saturated heterocycles. The lowest BCUT2D eigenvalue weighted by Crippen LogP contribution is -2.35. The van der Waals surface area contributed by atoms with Gasteiger partial charge in [0.1, 0.15) is 0 Å². The number of nitrogens with one attached hydrogen (secondary N) is 1. The van der Waals surface area contributed by atoms with Crippen LogP contribution >= 0.6 is 11.6 Å². The SMILES string of the molecule is Cc1ccc(NC(=O)CN(C)C(=O)CCc2ncc(-c3ccccc3Cl)o2)cc1. The summed E-state index contributed by atoms with van der Waals surface area (Å²) in [5, 5.41) is 3.35. The Balaban J connectivity index is 1.49. The van der Waals surface area contributed by atoms with Crippen LogP contribution in [0.5, 0.6) is 0 Å². The number of oxazole rings is 1. The second kappa shape index (κ2) is 9.39. The molecule has 0 radical (unpaired) electrons. The Labute approximate surface area is 174 Å². The number of halogens is 1. The number of amides is 2. The second-order valence-electron chi connectivity index (χ2n) is 6.76. The van der Waals surface area contributed by atoms with Crippen LogP contribution in [0.25, 0.3) is 11.3 Å². The molecule has 0 aliphatic rings. The average molecular weight is 412 g/mol. The molecule has 0 spiro atoms. The predicted octanol–water partition coefficient (Wildman–Crippen LogP) is 4.33. The van der Waals surface area contributed by atoms with Gasteiger partial charge in [0.05, 0.1) is 17.8 Å². The molecular weight excluding hydrogens is 390 g/mol. The number of rotatable bonds is 7. The maximum Gasteiger partial charge on any atom is 0.243 e. The van der Waals surface area contributed by atoms with Crippen LogP contribution in [-0.4, -0.2) is 35.3 Å². The Morgan fingerprint density at radius 1 is 1.14 bits per heavy atom. The highest BCUT2D eigenvalue weighted by molar-refractivity contribution is 6.33. The third-order valence-corrected chi connectivity index (χ3v) is 4.72. The van der Waals surface area contributed by atoms with Crippen molar-refractivity contribution < 1.29 is 14.0 Å². The number of carbonyl (C=O) groups excluding carboxylic acids is 2. The third-order valence-electron chi connectivity index (χ3n) is 4.39. The molecule has 0 saturated carbocycles. The van der Waals surface area contributed by atoms with Crippen LogP contribution in [0, 0.1) is 6.92 Å². The predicted molar refractivity (Wildman–Crippen MR) is 113 cm³/mol. The van der Waals surface area contributed by atoms with E-state index in [9.17, 15) is 9.59 Å². The van der Waals surface area contributed by atoms with E-state index in [-0.39, 0.29) is 24.8 Å². The molecular formula is C22H22ClN3O3. The van der Waals surface area contributed by atoms with Gasteiger partial charge >= 0.3 is 0 Å². The first-order valence-electron chi connectivity index (χ1n) is 9.22. The van der Waals surface area contributed by atoms with E-state index in [4.69, 9.17) is 16.0 Å². The highest BCUT2D eigenvalue weighted by Gasteiger charge is 2.15. The summed E-state index contributed by atoms with van der Waals surface area (Å²) in [5.74, 6) is 0.595. The Morgan fingerprint density at radius 2 is 1.86 bits per heavy atom. The quantitative estimate of drug-likeness (QED) is 0.627. The number of benzene rings is 2. The lowest BCUT2D eigenvalue weighted by atomic mass is 10.2. The molecule has 29 heavy (non-hydrogen) atoms. The van der Waals surface area contributed by atoms with Gasteiger partial charge in [0, 0.05) is 31.1 Å². The molecule has 1 N–H and O–H groups in total. The Hall–Kier alpha value is -3.12. The lowest BCUT2D eigenvalue weighted by Gasteiger charge is -2.16. The Kier molecular flexibility index (Phi) is 6.67. The van der Waals surface area contributed by atoms with Crippen LogP contribution in [0.4, 0.5) is 5.69 Å². The molecule has 0 aliphatic carbocycles. The molecule has 0 unspecified atom stereocenters. The number of hydrogen-bond donors (Lipinski definition) is 1. The van der Waals surface area contributed by atoms with E-state index < -0.39 is 0 Å². The van der Waals surface area contributed by atoms with Crippen molar-refractivity contribution in [3.8, 4) is 11.3 Å². The van der Waals surface area contributed by atoms with Crippen molar-refractivity contribution in [3.05, 3.63) is 71.2 Å². The molecule has 0 bridgehead atoms. The fourth-order valence-corrected chi connectivity index (χ4v) is 2.99. The molecule has 1 aromatic heterocycles. The van der Waals surface area contributed by atoms with Crippen LogP contribution in [0.15, 0.2) is 59.1 Å². The monoisotopic (exact) mass is 411 g/mol. The van der Waals surface area contributed by atoms with Crippen LogP contribution in [-0.2, 0) is 16.0 Å². The zero-order chi connectivity index (χ0) is 20.8. The van der Waals surface area contributed by atoms with Crippen LogP contribution in [0.2, 0.25) is 5.02 Å². The number of anilines is 1. The van der Waals surface area contributed by atoms with Crippen molar-refractivity contribution in [1.82, 2.24) is 9.88 Å². The number of hydrogen-bond acceptors (Lipinski definition) is 4. The average Bonchev–Trinajstić information content (AvgIpc) is 3.17. The lowest BCUT2D eigenvalue weighted by molar-refractivity contribution is -0.133. The van der Waals surface area contributed by atoms with Crippen LogP contribution < -0.4 is 5.32 Å². The normalized spacial score (nSPS) is 10.6. The van der Waals surface area contributed by atoms with Crippen LogP contribution in [0.1, 0.15) is 17.9 Å². The van der Waals surface area contributed by atoms with E-state index in [1.807, 2.05) is 49.4 Å². The third kappa shape index (κ3) is 5.68. The molecule has 0 atom stereocenters. The van der Waals surface area contributed by atoms with Gasteiger partial charge in [-0.1, -0.05) is 41.4 Å². The van der Waals surface area contributed by atoms with Gasteiger partial charge in [-0.3, -0.25) is 9.59 Å². The number of likely N-dealkylation sites (N-methyl/N-ethyl adjacent to an activating group) is 1. The molecule has 1 heterocycles. The molecule has 7 heteroatoms. The van der Waals surface area contributed by atoms with Gasteiger partial charge < -0.3 is 14.6 Å². The standard InChI is InChI=1S/C22H22ClN3O3/c1-15-7-9-16(10-8-15)25-20(27)14-26(2)22(28)12-11-21-24-13-19(29-21)17-5-3-4-6-18(17)23/h3-10,13H,11-12,14H2,1-2H3,(H,25,27). The zero-order valence-corrected chi connectivity index (χ0v) is 17.1. The van der Waals surface area contributed by atoms with Gasteiger partial charge in [-0.05, 0) is 31.2 Å². The first-order chi connectivity index (χ1) is 13.9. The minimum atomic E-state index is -0.248. The van der Waals surface area contributed by atoms with E-state index in [2.05, 4.69) is 10.3 Å². The van der Waals surface area contributed by atoms with E-state index in [1.54, 1.807) is 19.3 Å². The molecule has 2 amide bonds. The summed E-state index contributed by atoms with van der Waals surface area (Å²) in [5.41, 5.74) is 2.57. The summed E-state index contributed by atoms with van der Waals surface area (Å²) in [6.07, 6.45) is 2.13. The maximum atomic E-state index is 12.3. The molecule has 6 nitrogen and oxygen atoms in total. The molecule has 3 rings (SSSR count). The first kappa shape index (κ1) is 20.6. The van der Waals surface area contributed by atoms with Crippen molar-refractivity contribution in [1.29, 1.82) is 0 Å². The van der Waals surface area contributed by atoms with E-state index in [0.717, 1.165) is 11.1 Å². The summed E-state index contributed by atoms with van der Waals surface area (Å²) in [7, 11) is 1.60. The first-order valence-corrected chi connectivity index (χ1v) is 9.60. The summed E-state index contributed by atoms with van der Waals surface area (Å²) >= 11 is 6.16. The van der Waals surface area contributed by atoms with Crippen molar-refractivity contribution in [2.45, 2.75) is 19.8 Å². The topological polar surface area (TPSA) is 75.4 Å². The number of carbonyl (C=O) groups is 2. The fourth-order valence-electron chi connectivity index (χ4n) is 2.76. The van der Waals surface area contributed by atoms with Gasteiger partial charge in [-0.2, -0.15) is 0 Å². The van der Waals surface area contributed by atoms with Gasteiger partial charge in [-0.25, -0.2) is 4.98 Å². The second-order valence-corrected chi connectivity index (χ2v) is 7.17. The molecule has 150 valence electrons. The highest BCUT2D eigenvalue weighted by atomic mass is 35.5. The van der Waals surface area contributed by atoms with E-state index in [1.165, 1.54) is 4.90 Å². The van der Waals surface area contributed by atoms with Crippen molar-refractivity contribution >= 4 is 29.1 Å². The van der Waals surface area contributed by atoms with Gasteiger partial charge in [0.2, 0.25) is 11.8 Å². The minimum absolute atomic E-state index is 0.0246. The number of aryl methyl sites for hydroxylation is 2. The van der Waals surface area contributed by atoms with E-state index in [0.29, 0.717) is 28.8 Å². The Bertz CT molecular complexity index is 999. The fraction of sp³-hybridized carbons (Fsp3) is 0.227. The summed E-state index contributed by atoms with van der Waals surface area (Å²) in [6, 6.07) is 14.8. The number of aromatic nitrogens is 1. The maximum absolute atomic E-state index is 12.3. The van der Waals surface area contributed by atoms with Gasteiger partial charge in [0.15, 0.2) is 11.7 Å². The van der Waals surface area contributed by atoms with Crippen molar-refractivity contribution in [2.24, 2.45) is 0 Å². The van der Waals surface area contributed by atoms with Crippen LogP contribution in [0.3, 0.4) is 0 Å². The van der Waals surface area contributed by atoms with Gasteiger partial charge in [0.25, 0.3) is 0 Å². The van der Waals surface area contributed by atoms with E-state index >= 15 is 0 Å². The molecule has 0 aliphatic heterocycles.